The molecule has 34 heavy (non-hydrogen) atoms. The number of hydrogen-bond acceptors (Lipinski definition) is 5. The summed E-state index contributed by atoms with van der Waals surface area (Å²) in [5.41, 5.74) is 1.22. The number of thiophene rings is 1. The van der Waals surface area contributed by atoms with Crippen LogP contribution in [0.3, 0.4) is 0 Å². The number of nitrogens with zero attached hydrogens (tertiary/aromatic N) is 2. The molecule has 1 aliphatic heterocycles. The number of fused-ring (bicyclic) bond motifs is 1. The summed E-state index contributed by atoms with van der Waals surface area (Å²) in [5, 5.41) is 19.7. The van der Waals surface area contributed by atoms with Crippen LogP contribution in [0.4, 0.5) is 15.5 Å². The molecule has 4 rings (SSSR count). The zero-order chi connectivity index (χ0) is 24.5. The van der Waals surface area contributed by atoms with Gasteiger partial charge in [-0.3, -0.25) is 14.9 Å². The lowest BCUT2D eigenvalue weighted by molar-refractivity contribution is -0.123. The first-order valence-electron chi connectivity index (χ1n) is 10.9. The molecule has 9 heteroatoms. The summed E-state index contributed by atoms with van der Waals surface area (Å²) >= 11 is 1.35. The number of nitrogens with one attached hydrogen (secondary N) is 3. The predicted molar refractivity (Wildman–Crippen MR) is 133 cm³/mol. The maximum Gasteiger partial charge on any atom is 0.324 e. The predicted octanol–water partition coefficient (Wildman–Crippen LogP) is 4.29. The van der Waals surface area contributed by atoms with Crippen molar-refractivity contribution in [1.29, 1.82) is 5.26 Å². The molecule has 0 bridgehead atoms. The van der Waals surface area contributed by atoms with E-state index in [1.807, 2.05) is 45.0 Å². The first-order chi connectivity index (χ1) is 16.2. The number of piperazine rings is 1. The summed E-state index contributed by atoms with van der Waals surface area (Å²) in [6.07, 6.45) is 0. The number of hydrogen-bond donors (Lipinski definition) is 3. The SMILES string of the molecule is CC(C)(C)c1cc(C(=O)N2CCNC(=O)C2)c(NC(=O)Nc2ccc(C#N)c3ccccc23)s1. The molecule has 0 unspecified atom stereocenters. The van der Waals surface area contributed by atoms with Gasteiger partial charge in [0, 0.05) is 28.7 Å². The van der Waals surface area contributed by atoms with Crippen LogP contribution in [0.15, 0.2) is 42.5 Å². The van der Waals surface area contributed by atoms with Crippen LogP contribution in [0.5, 0.6) is 0 Å². The Morgan fingerprint density at radius 1 is 1.12 bits per heavy atom. The van der Waals surface area contributed by atoms with E-state index in [4.69, 9.17) is 0 Å². The molecule has 0 radical (unpaired) electrons. The third-order valence-electron chi connectivity index (χ3n) is 5.55. The minimum absolute atomic E-state index is 0.0115. The molecule has 1 aliphatic rings. The van der Waals surface area contributed by atoms with Gasteiger partial charge in [-0.1, -0.05) is 45.0 Å². The van der Waals surface area contributed by atoms with Gasteiger partial charge in [0.1, 0.15) is 5.00 Å². The third-order valence-corrected chi connectivity index (χ3v) is 7.02. The number of nitriles is 1. The van der Waals surface area contributed by atoms with Crippen molar-refractivity contribution in [3.05, 3.63) is 58.5 Å². The Balaban J connectivity index is 1.62. The fourth-order valence-electron chi connectivity index (χ4n) is 3.76. The Hall–Kier alpha value is -3.90. The Labute approximate surface area is 201 Å². The minimum Gasteiger partial charge on any atom is -0.353 e. The van der Waals surface area contributed by atoms with Crippen LogP contribution in [0, 0.1) is 11.3 Å². The van der Waals surface area contributed by atoms with E-state index >= 15 is 0 Å². The molecule has 3 aromatic rings. The van der Waals surface area contributed by atoms with E-state index in [2.05, 4.69) is 22.0 Å². The molecule has 3 N–H and O–H groups in total. The summed E-state index contributed by atoms with van der Waals surface area (Å²) in [7, 11) is 0. The minimum atomic E-state index is -0.498. The average Bonchev–Trinajstić information content (AvgIpc) is 3.23. The fraction of sp³-hybridized carbons (Fsp3) is 0.280. The lowest BCUT2D eigenvalue weighted by atomic mass is 9.94. The molecule has 0 saturated carbocycles. The fourth-order valence-corrected chi connectivity index (χ4v) is 4.86. The summed E-state index contributed by atoms with van der Waals surface area (Å²) in [6.45, 7) is 6.91. The third kappa shape index (κ3) is 4.72. The molecule has 1 aromatic heterocycles. The highest BCUT2D eigenvalue weighted by atomic mass is 32.1. The smallest absolute Gasteiger partial charge is 0.324 e. The first kappa shape index (κ1) is 23.3. The molecule has 1 fully saturated rings. The number of benzene rings is 2. The Morgan fingerprint density at radius 2 is 1.85 bits per heavy atom. The molecule has 0 aliphatic carbocycles. The maximum atomic E-state index is 13.2. The van der Waals surface area contributed by atoms with Crippen LogP contribution >= 0.6 is 11.3 Å². The van der Waals surface area contributed by atoms with Gasteiger partial charge < -0.3 is 15.5 Å². The van der Waals surface area contributed by atoms with Crippen molar-refractivity contribution in [2.45, 2.75) is 26.2 Å². The van der Waals surface area contributed by atoms with Crippen LogP contribution in [0.25, 0.3) is 10.8 Å². The van der Waals surface area contributed by atoms with E-state index in [0.717, 1.165) is 15.6 Å². The van der Waals surface area contributed by atoms with Crippen molar-refractivity contribution < 1.29 is 14.4 Å². The molecule has 8 nitrogen and oxygen atoms in total. The van der Waals surface area contributed by atoms with Crippen LogP contribution in [-0.2, 0) is 10.2 Å². The number of rotatable bonds is 3. The summed E-state index contributed by atoms with van der Waals surface area (Å²) in [5.74, 6) is -0.494. The monoisotopic (exact) mass is 475 g/mol. The second kappa shape index (κ2) is 9.15. The van der Waals surface area contributed by atoms with Crippen LogP contribution < -0.4 is 16.0 Å². The summed E-state index contributed by atoms with van der Waals surface area (Å²) in [4.78, 5) is 40.4. The molecule has 1 saturated heterocycles. The van der Waals surface area contributed by atoms with Crippen molar-refractivity contribution in [3.8, 4) is 6.07 Å². The second-order valence-electron chi connectivity index (χ2n) is 9.08. The van der Waals surface area contributed by atoms with Crippen LogP contribution in [0.1, 0.15) is 41.6 Å². The molecule has 174 valence electrons. The van der Waals surface area contributed by atoms with Gasteiger partial charge >= 0.3 is 6.03 Å². The van der Waals surface area contributed by atoms with Gasteiger partial charge in [-0.25, -0.2) is 4.79 Å². The van der Waals surface area contributed by atoms with Crippen molar-refractivity contribution >= 4 is 50.6 Å². The Bertz CT molecular complexity index is 1330. The summed E-state index contributed by atoms with van der Waals surface area (Å²) < 4.78 is 0. The Morgan fingerprint density at radius 3 is 2.53 bits per heavy atom. The highest BCUT2D eigenvalue weighted by molar-refractivity contribution is 7.16. The molecule has 2 heterocycles. The highest BCUT2D eigenvalue weighted by Gasteiger charge is 2.29. The van der Waals surface area contributed by atoms with Gasteiger partial charge in [-0.05, 0) is 23.6 Å². The van der Waals surface area contributed by atoms with Gasteiger partial charge in [-0.15, -0.1) is 11.3 Å². The first-order valence-corrected chi connectivity index (χ1v) is 11.7. The van der Waals surface area contributed by atoms with E-state index in [9.17, 15) is 19.6 Å². The van der Waals surface area contributed by atoms with E-state index in [1.54, 1.807) is 18.2 Å². The van der Waals surface area contributed by atoms with Gasteiger partial charge in [0.2, 0.25) is 5.91 Å². The van der Waals surface area contributed by atoms with Gasteiger partial charge in [0.25, 0.3) is 5.91 Å². The summed E-state index contributed by atoms with van der Waals surface area (Å²) in [6, 6.07) is 14.2. The van der Waals surface area contributed by atoms with Crippen molar-refractivity contribution in [3.63, 3.8) is 0 Å². The molecular weight excluding hydrogens is 450 g/mol. The molecule has 2 aromatic carbocycles. The number of carbonyl (C=O) groups excluding carboxylic acids is 3. The molecule has 0 spiro atoms. The van der Waals surface area contributed by atoms with Crippen LogP contribution in [0.2, 0.25) is 0 Å². The second-order valence-corrected chi connectivity index (χ2v) is 10.1. The number of urea groups is 1. The molecule has 0 atom stereocenters. The standard InChI is InChI=1S/C25H25N5O3S/c1-25(2,3)20-12-18(23(32)30-11-10-27-21(31)14-30)22(34-20)29-24(33)28-19-9-8-15(13-26)16-6-4-5-7-17(16)19/h4-9,12H,10-11,14H2,1-3H3,(H,27,31)(H2,28,29,33). The van der Waals surface area contributed by atoms with Crippen molar-refractivity contribution in [2.75, 3.05) is 30.3 Å². The maximum absolute atomic E-state index is 13.2. The lowest BCUT2D eigenvalue weighted by Crippen LogP contribution is -2.50. The quantitative estimate of drug-likeness (QED) is 0.524. The van der Waals surface area contributed by atoms with E-state index in [0.29, 0.717) is 34.9 Å². The highest BCUT2D eigenvalue weighted by Crippen LogP contribution is 2.37. The molecular formula is C25H25N5O3S. The van der Waals surface area contributed by atoms with Gasteiger partial charge in [-0.2, -0.15) is 5.26 Å². The van der Waals surface area contributed by atoms with Crippen LogP contribution in [-0.4, -0.2) is 42.4 Å². The Kier molecular flexibility index (Phi) is 6.26. The number of carbonyl (C=O) groups is 3. The topological polar surface area (TPSA) is 114 Å². The van der Waals surface area contributed by atoms with E-state index in [-0.39, 0.29) is 23.8 Å². The van der Waals surface area contributed by atoms with E-state index < -0.39 is 6.03 Å². The normalized spacial score (nSPS) is 13.8. The van der Waals surface area contributed by atoms with Crippen molar-refractivity contribution in [2.24, 2.45) is 0 Å². The molecule has 4 amide bonds. The lowest BCUT2D eigenvalue weighted by Gasteiger charge is -2.26. The average molecular weight is 476 g/mol. The number of anilines is 2. The van der Waals surface area contributed by atoms with Gasteiger partial charge in [0.15, 0.2) is 0 Å². The zero-order valence-electron chi connectivity index (χ0n) is 19.2. The largest absolute Gasteiger partial charge is 0.353 e. The van der Waals surface area contributed by atoms with Crippen molar-refractivity contribution in [1.82, 2.24) is 10.2 Å². The van der Waals surface area contributed by atoms with Gasteiger partial charge in [0.05, 0.1) is 29.4 Å². The number of amides is 4. The van der Waals surface area contributed by atoms with E-state index in [1.165, 1.54) is 16.2 Å². The zero-order valence-corrected chi connectivity index (χ0v) is 20.0.